The molecule has 3 atom stereocenters. The second kappa shape index (κ2) is 9.56. The number of nitrogens with zero attached hydrogens (tertiary/aromatic N) is 1. The summed E-state index contributed by atoms with van der Waals surface area (Å²) >= 11 is 0. The second-order valence-electron chi connectivity index (χ2n) is 8.37. The van der Waals surface area contributed by atoms with E-state index in [1.54, 1.807) is 0 Å². The Hall–Kier alpha value is -1.59. The molecule has 5 nitrogen and oxygen atoms in total. The average molecular weight is 375 g/mol. The highest BCUT2D eigenvalue weighted by Gasteiger charge is 2.31. The molecule has 0 spiro atoms. The first-order valence-electron chi connectivity index (χ1n) is 10.4. The van der Waals surface area contributed by atoms with Crippen LogP contribution in [0.25, 0.3) is 0 Å². The molecule has 1 heterocycles. The first-order valence-corrected chi connectivity index (χ1v) is 10.4. The minimum absolute atomic E-state index is 0.0742. The Labute approximate surface area is 163 Å². The Kier molecular flexibility index (Phi) is 7.13. The first-order chi connectivity index (χ1) is 13.0. The maximum Gasteiger partial charge on any atom is 0.250 e. The van der Waals surface area contributed by atoms with E-state index in [-0.39, 0.29) is 18.6 Å². The summed E-state index contributed by atoms with van der Waals surface area (Å²) in [5, 5.41) is 2.96. The van der Waals surface area contributed by atoms with Crippen molar-refractivity contribution < 1.29 is 14.3 Å². The van der Waals surface area contributed by atoms with Gasteiger partial charge in [-0.05, 0) is 54.9 Å². The molecule has 2 fully saturated rings. The molecule has 0 radical (unpaired) electrons. The fourth-order valence-corrected chi connectivity index (χ4v) is 4.26. The van der Waals surface area contributed by atoms with Crippen molar-refractivity contribution in [2.45, 2.75) is 46.1 Å². The van der Waals surface area contributed by atoms with Crippen molar-refractivity contribution in [3.8, 4) is 0 Å². The van der Waals surface area contributed by atoms with E-state index in [1.165, 1.54) is 18.5 Å². The standard InChI is InChI=1S/C22H34N2O3/c1-16(2)20-9-4-17(3)14-21(20)27-15-22(25)23-18-5-7-19(8-6-18)24-10-12-26-13-11-24/h5-8,16-17,20-21H,4,9-15H2,1-3H3,(H,23,25)/t17-,20-,21-/m1/s1. The largest absolute Gasteiger partial charge is 0.378 e. The molecule has 150 valence electrons. The number of morpholine rings is 1. The molecule has 0 unspecified atom stereocenters. The maximum atomic E-state index is 12.3. The summed E-state index contributed by atoms with van der Waals surface area (Å²) in [4.78, 5) is 14.6. The normalized spacial score (nSPS) is 26.2. The van der Waals surface area contributed by atoms with Crippen molar-refractivity contribution in [1.29, 1.82) is 0 Å². The molecule has 27 heavy (non-hydrogen) atoms. The average Bonchev–Trinajstić information content (AvgIpc) is 2.67. The van der Waals surface area contributed by atoms with Crippen LogP contribution in [0.1, 0.15) is 40.0 Å². The number of hydrogen-bond acceptors (Lipinski definition) is 4. The van der Waals surface area contributed by atoms with Gasteiger partial charge >= 0.3 is 0 Å². The van der Waals surface area contributed by atoms with Gasteiger partial charge in [-0.15, -0.1) is 0 Å². The van der Waals surface area contributed by atoms with Gasteiger partial charge in [-0.25, -0.2) is 0 Å². The maximum absolute atomic E-state index is 12.3. The highest BCUT2D eigenvalue weighted by Crippen LogP contribution is 2.35. The minimum Gasteiger partial charge on any atom is -0.378 e. The molecule has 1 amide bonds. The van der Waals surface area contributed by atoms with E-state index in [0.29, 0.717) is 17.8 Å². The van der Waals surface area contributed by atoms with Crippen LogP contribution in [-0.4, -0.2) is 44.9 Å². The SMILES string of the molecule is CC(C)[C@H]1CC[C@@H](C)C[C@H]1OCC(=O)Nc1ccc(N2CCOCC2)cc1. The fraction of sp³-hybridized carbons (Fsp3) is 0.682. The summed E-state index contributed by atoms with van der Waals surface area (Å²) < 4.78 is 11.4. The van der Waals surface area contributed by atoms with Gasteiger partial charge in [-0.3, -0.25) is 4.79 Å². The lowest BCUT2D eigenvalue weighted by atomic mass is 9.75. The van der Waals surface area contributed by atoms with Gasteiger partial charge in [0.2, 0.25) is 5.91 Å². The van der Waals surface area contributed by atoms with Crippen LogP contribution in [0.3, 0.4) is 0 Å². The lowest BCUT2D eigenvalue weighted by Gasteiger charge is -2.37. The van der Waals surface area contributed by atoms with Gasteiger partial charge < -0.3 is 19.7 Å². The van der Waals surface area contributed by atoms with E-state index in [0.717, 1.165) is 38.4 Å². The molecular weight excluding hydrogens is 340 g/mol. The zero-order valence-electron chi connectivity index (χ0n) is 16.9. The molecule has 3 rings (SSSR count). The molecule has 1 aliphatic heterocycles. The number of anilines is 2. The Morgan fingerprint density at radius 3 is 2.59 bits per heavy atom. The van der Waals surface area contributed by atoms with Crippen LogP contribution in [0.5, 0.6) is 0 Å². The molecule has 1 N–H and O–H groups in total. The number of carbonyl (C=O) groups excluding carboxylic acids is 1. The number of benzene rings is 1. The molecule has 1 saturated carbocycles. The van der Waals surface area contributed by atoms with Crippen LogP contribution in [0, 0.1) is 17.8 Å². The topological polar surface area (TPSA) is 50.8 Å². The smallest absolute Gasteiger partial charge is 0.250 e. The molecule has 1 aromatic rings. The van der Waals surface area contributed by atoms with Gasteiger partial charge in [-0.1, -0.05) is 27.2 Å². The van der Waals surface area contributed by atoms with Gasteiger partial charge in [-0.2, -0.15) is 0 Å². The fourth-order valence-electron chi connectivity index (χ4n) is 4.26. The summed E-state index contributed by atoms with van der Waals surface area (Å²) in [6.07, 6.45) is 3.73. The molecular formula is C22H34N2O3. The third kappa shape index (κ3) is 5.69. The van der Waals surface area contributed by atoms with E-state index >= 15 is 0 Å². The zero-order chi connectivity index (χ0) is 19.2. The zero-order valence-corrected chi connectivity index (χ0v) is 16.9. The van der Waals surface area contributed by atoms with Crippen LogP contribution in [0.2, 0.25) is 0 Å². The Morgan fingerprint density at radius 2 is 1.93 bits per heavy atom. The third-order valence-electron chi connectivity index (χ3n) is 5.92. The summed E-state index contributed by atoms with van der Waals surface area (Å²) in [5.41, 5.74) is 1.99. The van der Waals surface area contributed by atoms with Crippen molar-refractivity contribution in [3.63, 3.8) is 0 Å². The van der Waals surface area contributed by atoms with Gasteiger partial charge in [0.25, 0.3) is 0 Å². The minimum atomic E-state index is -0.0742. The van der Waals surface area contributed by atoms with E-state index in [1.807, 2.05) is 12.1 Å². The first kappa shape index (κ1) is 20.2. The monoisotopic (exact) mass is 374 g/mol. The lowest BCUT2D eigenvalue weighted by Crippen LogP contribution is -2.36. The van der Waals surface area contributed by atoms with Crippen LogP contribution < -0.4 is 10.2 Å². The van der Waals surface area contributed by atoms with Crippen LogP contribution in [0.15, 0.2) is 24.3 Å². The molecule has 2 aliphatic rings. The van der Waals surface area contributed by atoms with Crippen molar-refractivity contribution in [1.82, 2.24) is 0 Å². The van der Waals surface area contributed by atoms with Gasteiger partial charge in [0.1, 0.15) is 6.61 Å². The van der Waals surface area contributed by atoms with E-state index in [9.17, 15) is 4.79 Å². The third-order valence-corrected chi connectivity index (χ3v) is 5.92. The molecule has 5 heteroatoms. The Morgan fingerprint density at radius 1 is 1.22 bits per heavy atom. The number of ether oxygens (including phenoxy) is 2. The van der Waals surface area contributed by atoms with Crippen molar-refractivity contribution in [2.24, 2.45) is 17.8 Å². The Balaban J connectivity index is 1.48. The van der Waals surface area contributed by atoms with Gasteiger partial charge in [0, 0.05) is 24.5 Å². The molecule has 0 aromatic heterocycles. The van der Waals surface area contributed by atoms with Gasteiger partial charge in [0.05, 0.1) is 19.3 Å². The molecule has 1 aromatic carbocycles. The molecule has 1 aliphatic carbocycles. The van der Waals surface area contributed by atoms with Crippen LogP contribution in [-0.2, 0) is 14.3 Å². The number of carbonyl (C=O) groups is 1. The predicted octanol–water partition coefficient (Wildman–Crippen LogP) is 3.94. The van der Waals surface area contributed by atoms with E-state index in [4.69, 9.17) is 9.47 Å². The number of nitrogens with one attached hydrogen (secondary N) is 1. The molecule has 1 saturated heterocycles. The van der Waals surface area contributed by atoms with E-state index in [2.05, 4.69) is 43.1 Å². The summed E-state index contributed by atoms with van der Waals surface area (Å²) in [6, 6.07) is 8.03. The highest BCUT2D eigenvalue weighted by molar-refractivity contribution is 5.91. The van der Waals surface area contributed by atoms with E-state index < -0.39 is 0 Å². The van der Waals surface area contributed by atoms with Crippen molar-refractivity contribution in [2.75, 3.05) is 43.1 Å². The molecule has 0 bridgehead atoms. The summed E-state index contributed by atoms with van der Waals surface area (Å²) in [7, 11) is 0. The summed E-state index contributed by atoms with van der Waals surface area (Å²) in [6.45, 7) is 10.3. The quantitative estimate of drug-likeness (QED) is 0.819. The predicted molar refractivity (Wildman–Crippen MR) is 109 cm³/mol. The highest BCUT2D eigenvalue weighted by atomic mass is 16.5. The van der Waals surface area contributed by atoms with Crippen LogP contribution in [0.4, 0.5) is 11.4 Å². The number of amides is 1. The lowest BCUT2D eigenvalue weighted by molar-refractivity contribution is -0.126. The number of hydrogen-bond donors (Lipinski definition) is 1. The Bertz CT molecular complexity index is 596. The second-order valence-corrected chi connectivity index (χ2v) is 8.37. The van der Waals surface area contributed by atoms with Crippen molar-refractivity contribution in [3.05, 3.63) is 24.3 Å². The van der Waals surface area contributed by atoms with Crippen molar-refractivity contribution >= 4 is 17.3 Å². The van der Waals surface area contributed by atoms with Gasteiger partial charge in [0.15, 0.2) is 0 Å². The number of rotatable bonds is 6. The summed E-state index contributed by atoms with van der Waals surface area (Å²) in [5.74, 6) is 1.76. The van der Waals surface area contributed by atoms with Crippen LogP contribution >= 0.6 is 0 Å².